The van der Waals surface area contributed by atoms with Crippen LogP contribution in [0.3, 0.4) is 0 Å². The molecule has 98 valence electrons. The molecule has 0 radical (unpaired) electrons. The molecule has 1 aliphatic rings. The molecule has 1 fully saturated rings. The summed E-state index contributed by atoms with van der Waals surface area (Å²) in [4.78, 5) is 16.0. The molecule has 2 aromatic rings. The van der Waals surface area contributed by atoms with Crippen molar-refractivity contribution in [1.82, 2.24) is 4.98 Å². The van der Waals surface area contributed by atoms with Crippen LogP contribution in [0.25, 0.3) is 10.6 Å². The smallest absolute Gasteiger partial charge is 0.132 e. The lowest BCUT2D eigenvalue weighted by Crippen LogP contribution is -2.12. The Balaban J connectivity index is 1.81. The molecule has 0 bridgehead atoms. The lowest BCUT2D eigenvalue weighted by atomic mass is 9.87. The number of Topliss-reactive ketones (excluding diaryl/α,β-unsaturated/α-hetero) is 1. The Morgan fingerprint density at radius 1 is 1.26 bits per heavy atom. The summed E-state index contributed by atoms with van der Waals surface area (Å²) in [7, 11) is 0. The number of hydrogen-bond donors (Lipinski definition) is 0. The van der Waals surface area contributed by atoms with E-state index in [4.69, 9.17) is 4.98 Å². The number of benzene rings is 1. The Hall–Kier alpha value is -1.00. The van der Waals surface area contributed by atoms with E-state index in [1.807, 2.05) is 12.1 Å². The minimum Gasteiger partial charge on any atom is -0.300 e. The summed E-state index contributed by atoms with van der Waals surface area (Å²) in [6.07, 6.45) is 3.35. The van der Waals surface area contributed by atoms with Crippen LogP contribution in [0.2, 0.25) is 0 Å². The molecule has 1 saturated carbocycles. The predicted molar refractivity (Wildman–Crippen MR) is 81.5 cm³/mol. The van der Waals surface area contributed by atoms with E-state index in [1.54, 1.807) is 11.3 Å². The number of aromatic nitrogens is 1. The largest absolute Gasteiger partial charge is 0.300 e. The maximum atomic E-state index is 11.3. The second-order valence-corrected chi connectivity index (χ2v) is 6.67. The van der Waals surface area contributed by atoms with E-state index in [0.717, 1.165) is 33.6 Å². The molecule has 0 N–H and O–H groups in total. The van der Waals surface area contributed by atoms with E-state index >= 15 is 0 Å². The quantitative estimate of drug-likeness (QED) is 0.788. The highest BCUT2D eigenvalue weighted by Gasteiger charge is 2.22. The van der Waals surface area contributed by atoms with Crippen LogP contribution in [-0.4, -0.2) is 10.8 Å². The number of hydrogen-bond acceptors (Lipinski definition) is 3. The van der Waals surface area contributed by atoms with E-state index in [2.05, 4.69) is 33.4 Å². The highest BCUT2D eigenvalue weighted by molar-refractivity contribution is 9.10. The number of nitrogens with zero attached hydrogens (tertiary/aromatic N) is 1. The van der Waals surface area contributed by atoms with E-state index < -0.39 is 0 Å². The van der Waals surface area contributed by atoms with Gasteiger partial charge in [0.1, 0.15) is 10.8 Å². The van der Waals surface area contributed by atoms with Gasteiger partial charge in [0.25, 0.3) is 0 Å². The minimum absolute atomic E-state index is 0.402. The van der Waals surface area contributed by atoms with Crippen molar-refractivity contribution in [3.8, 4) is 10.6 Å². The first-order valence-corrected chi connectivity index (χ1v) is 8.13. The zero-order chi connectivity index (χ0) is 13.2. The molecule has 1 heterocycles. The van der Waals surface area contributed by atoms with Gasteiger partial charge in [0, 0.05) is 34.2 Å². The Morgan fingerprint density at radius 2 is 2.05 bits per heavy atom. The van der Waals surface area contributed by atoms with Crippen LogP contribution in [0, 0.1) is 0 Å². The first-order chi connectivity index (χ1) is 9.22. The summed E-state index contributed by atoms with van der Waals surface area (Å²) < 4.78 is 1.07. The van der Waals surface area contributed by atoms with E-state index in [9.17, 15) is 4.79 Å². The summed E-state index contributed by atoms with van der Waals surface area (Å²) >= 11 is 5.18. The molecule has 3 rings (SSSR count). The molecule has 0 amide bonds. The summed E-state index contributed by atoms with van der Waals surface area (Å²) in [6.45, 7) is 0. The summed E-state index contributed by atoms with van der Waals surface area (Å²) in [5, 5.41) is 3.21. The van der Waals surface area contributed by atoms with Crippen LogP contribution in [-0.2, 0) is 4.79 Å². The van der Waals surface area contributed by atoms with Crippen molar-refractivity contribution >= 4 is 33.0 Å². The predicted octanol–water partition coefficient (Wildman–Crippen LogP) is 4.80. The molecule has 0 unspecified atom stereocenters. The highest BCUT2D eigenvalue weighted by atomic mass is 79.9. The summed E-state index contributed by atoms with van der Waals surface area (Å²) in [5.41, 5.74) is 2.31. The third kappa shape index (κ3) is 2.95. The summed E-state index contributed by atoms with van der Waals surface area (Å²) in [5.74, 6) is 0.869. The van der Waals surface area contributed by atoms with E-state index in [1.165, 1.54) is 0 Å². The zero-order valence-corrected chi connectivity index (χ0v) is 12.8. The molecule has 0 atom stereocenters. The first-order valence-electron chi connectivity index (χ1n) is 6.45. The lowest BCUT2D eigenvalue weighted by Gasteiger charge is -2.18. The van der Waals surface area contributed by atoms with Gasteiger partial charge in [-0.1, -0.05) is 28.1 Å². The normalized spacial score (nSPS) is 16.8. The van der Waals surface area contributed by atoms with Crippen molar-refractivity contribution in [3.63, 3.8) is 0 Å². The highest BCUT2D eigenvalue weighted by Crippen LogP contribution is 2.34. The second-order valence-electron chi connectivity index (χ2n) is 4.90. The van der Waals surface area contributed by atoms with Gasteiger partial charge in [-0.2, -0.15) is 0 Å². The van der Waals surface area contributed by atoms with Crippen LogP contribution < -0.4 is 0 Å². The van der Waals surface area contributed by atoms with Gasteiger partial charge in [0.15, 0.2) is 0 Å². The van der Waals surface area contributed by atoms with Crippen molar-refractivity contribution in [3.05, 3.63) is 39.8 Å². The van der Waals surface area contributed by atoms with Gasteiger partial charge in [-0.15, -0.1) is 11.3 Å². The fourth-order valence-electron chi connectivity index (χ4n) is 2.46. The Kier molecular flexibility index (Phi) is 3.80. The minimum atomic E-state index is 0.402. The van der Waals surface area contributed by atoms with E-state index in [-0.39, 0.29) is 0 Å². The Bertz CT molecular complexity index is 598. The van der Waals surface area contributed by atoms with Gasteiger partial charge >= 0.3 is 0 Å². The van der Waals surface area contributed by atoms with Gasteiger partial charge in [-0.25, -0.2) is 4.98 Å². The van der Waals surface area contributed by atoms with Crippen molar-refractivity contribution in [2.24, 2.45) is 0 Å². The molecule has 19 heavy (non-hydrogen) atoms. The van der Waals surface area contributed by atoms with Crippen LogP contribution in [0.15, 0.2) is 34.1 Å². The number of halogens is 1. The number of ketones is 1. The molecule has 0 saturated heterocycles. The lowest BCUT2D eigenvalue weighted by molar-refractivity contribution is -0.120. The van der Waals surface area contributed by atoms with Crippen LogP contribution in [0.4, 0.5) is 0 Å². The van der Waals surface area contributed by atoms with Gasteiger partial charge < -0.3 is 0 Å². The van der Waals surface area contributed by atoms with Crippen molar-refractivity contribution in [2.45, 2.75) is 31.6 Å². The Morgan fingerprint density at radius 3 is 2.79 bits per heavy atom. The Labute approximate surface area is 125 Å². The third-order valence-corrected chi connectivity index (χ3v) is 4.96. The molecule has 1 aliphatic carbocycles. The monoisotopic (exact) mass is 335 g/mol. The fourth-order valence-corrected chi connectivity index (χ4v) is 3.76. The van der Waals surface area contributed by atoms with Crippen molar-refractivity contribution < 1.29 is 4.79 Å². The fraction of sp³-hybridized carbons (Fsp3) is 0.333. The van der Waals surface area contributed by atoms with Crippen LogP contribution in [0.5, 0.6) is 0 Å². The van der Waals surface area contributed by atoms with Gasteiger partial charge in [0.05, 0.1) is 5.69 Å². The number of carbonyl (C=O) groups is 1. The first kappa shape index (κ1) is 13.0. The maximum Gasteiger partial charge on any atom is 0.132 e. The topological polar surface area (TPSA) is 30.0 Å². The maximum absolute atomic E-state index is 11.3. The van der Waals surface area contributed by atoms with Crippen LogP contribution >= 0.6 is 27.3 Å². The standard InChI is InChI=1S/C15H14BrNOS/c16-12-3-1-2-11(8-12)15-17-14(9-19-15)10-4-6-13(18)7-5-10/h1-3,8-10H,4-7H2. The summed E-state index contributed by atoms with van der Waals surface area (Å²) in [6, 6.07) is 8.22. The number of rotatable bonds is 2. The number of carbonyl (C=O) groups excluding carboxylic acids is 1. The van der Waals surface area contributed by atoms with Crippen molar-refractivity contribution in [2.75, 3.05) is 0 Å². The SMILES string of the molecule is O=C1CCC(c2csc(-c3cccc(Br)c3)n2)CC1. The van der Waals surface area contributed by atoms with E-state index in [0.29, 0.717) is 24.5 Å². The zero-order valence-electron chi connectivity index (χ0n) is 10.4. The van der Waals surface area contributed by atoms with Gasteiger partial charge in [-0.3, -0.25) is 4.79 Å². The molecule has 1 aromatic carbocycles. The second kappa shape index (κ2) is 5.55. The molecule has 1 aromatic heterocycles. The molecule has 0 spiro atoms. The third-order valence-electron chi connectivity index (χ3n) is 3.56. The molecule has 2 nitrogen and oxygen atoms in total. The molecule has 0 aliphatic heterocycles. The van der Waals surface area contributed by atoms with Crippen LogP contribution in [0.1, 0.15) is 37.3 Å². The van der Waals surface area contributed by atoms with Crippen molar-refractivity contribution in [1.29, 1.82) is 0 Å². The van der Waals surface area contributed by atoms with Gasteiger partial charge in [0.2, 0.25) is 0 Å². The average molecular weight is 336 g/mol. The molecule has 4 heteroatoms. The number of thiazole rings is 1. The molecular formula is C15H14BrNOS. The average Bonchev–Trinajstić information content (AvgIpc) is 2.89. The molecular weight excluding hydrogens is 322 g/mol. The van der Waals surface area contributed by atoms with Gasteiger partial charge in [-0.05, 0) is 25.0 Å².